The minimum atomic E-state index is -0.692. The van der Waals surface area contributed by atoms with Crippen molar-refractivity contribution in [3.05, 3.63) is 114 Å². The predicted octanol–water partition coefficient (Wildman–Crippen LogP) is 6.09. The SMILES string of the molecule is Cc1ccc(-n2c3ccccc3c3cc(CNC(=O)/C=C/c4cc(F)cc(F)c4)ncc32)cc1. The van der Waals surface area contributed by atoms with E-state index in [1.54, 1.807) is 0 Å². The highest BCUT2D eigenvalue weighted by Gasteiger charge is 2.13. The van der Waals surface area contributed by atoms with Crippen LogP contribution >= 0.6 is 0 Å². The van der Waals surface area contributed by atoms with Crippen LogP contribution in [0.4, 0.5) is 8.78 Å². The van der Waals surface area contributed by atoms with Gasteiger partial charge in [0.15, 0.2) is 0 Å². The first kappa shape index (κ1) is 21.5. The van der Waals surface area contributed by atoms with Crippen molar-refractivity contribution in [1.29, 1.82) is 0 Å². The highest BCUT2D eigenvalue weighted by Crippen LogP contribution is 2.31. The third kappa shape index (κ3) is 4.30. The molecule has 168 valence electrons. The lowest BCUT2D eigenvalue weighted by molar-refractivity contribution is -0.116. The van der Waals surface area contributed by atoms with Crippen molar-refractivity contribution >= 4 is 33.8 Å². The van der Waals surface area contributed by atoms with Crippen molar-refractivity contribution in [2.24, 2.45) is 0 Å². The van der Waals surface area contributed by atoms with E-state index < -0.39 is 11.6 Å². The molecule has 5 aromatic rings. The number of hydrogen-bond donors (Lipinski definition) is 1. The zero-order valence-electron chi connectivity index (χ0n) is 18.4. The first-order chi connectivity index (χ1) is 16.5. The van der Waals surface area contributed by atoms with Crippen LogP contribution in [0.1, 0.15) is 16.8 Å². The lowest BCUT2D eigenvalue weighted by Gasteiger charge is -2.08. The van der Waals surface area contributed by atoms with E-state index in [1.807, 2.05) is 24.4 Å². The van der Waals surface area contributed by atoms with Gasteiger partial charge < -0.3 is 9.88 Å². The highest BCUT2D eigenvalue weighted by atomic mass is 19.1. The molecule has 4 nitrogen and oxygen atoms in total. The summed E-state index contributed by atoms with van der Waals surface area (Å²) in [5, 5.41) is 4.91. The van der Waals surface area contributed by atoms with Crippen LogP contribution in [0.5, 0.6) is 0 Å². The first-order valence-corrected chi connectivity index (χ1v) is 10.8. The fourth-order valence-corrected chi connectivity index (χ4v) is 4.06. The van der Waals surface area contributed by atoms with Crippen molar-refractivity contribution in [2.75, 3.05) is 0 Å². The maximum Gasteiger partial charge on any atom is 0.244 e. The van der Waals surface area contributed by atoms with Gasteiger partial charge in [0.2, 0.25) is 5.91 Å². The summed E-state index contributed by atoms with van der Waals surface area (Å²) in [7, 11) is 0. The molecule has 0 atom stereocenters. The van der Waals surface area contributed by atoms with Crippen molar-refractivity contribution < 1.29 is 13.6 Å². The van der Waals surface area contributed by atoms with Gasteiger partial charge in [-0.3, -0.25) is 9.78 Å². The largest absolute Gasteiger partial charge is 0.347 e. The summed E-state index contributed by atoms with van der Waals surface area (Å²) in [5.74, 6) is -1.77. The Morgan fingerprint density at radius 3 is 2.44 bits per heavy atom. The van der Waals surface area contributed by atoms with E-state index in [4.69, 9.17) is 0 Å². The standard InChI is InChI=1S/C28H21F2N3O/c1-18-6-9-23(10-7-18)33-26-5-3-2-4-24(26)25-15-22(31-17-27(25)33)16-32-28(34)11-8-19-12-20(29)14-21(30)13-19/h2-15,17H,16H2,1H3,(H,32,34)/b11-8+. The van der Waals surface area contributed by atoms with Gasteiger partial charge >= 0.3 is 0 Å². The molecule has 0 saturated heterocycles. The monoisotopic (exact) mass is 453 g/mol. The molecule has 0 aliphatic carbocycles. The summed E-state index contributed by atoms with van der Waals surface area (Å²) in [6.07, 6.45) is 4.44. The van der Waals surface area contributed by atoms with E-state index in [2.05, 4.69) is 58.2 Å². The van der Waals surface area contributed by atoms with Crippen molar-refractivity contribution in [3.63, 3.8) is 0 Å². The molecule has 1 amide bonds. The number of carbonyl (C=O) groups excluding carboxylic acids is 1. The molecule has 0 aliphatic rings. The van der Waals surface area contributed by atoms with Crippen molar-refractivity contribution in [1.82, 2.24) is 14.9 Å². The van der Waals surface area contributed by atoms with Crippen molar-refractivity contribution in [3.8, 4) is 5.69 Å². The number of halogens is 2. The summed E-state index contributed by atoms with van der Waals surface area (Å²) >= 11 is 0. The Bertz CT molecular complexity index is 1530. The van der Waals surface area contributed by atoms with Gasteiger partial charge in [-0.1, -0.05) is 35.9 Å². The number of amides is 1. The van der Waals surface area contributed by atoms with Gasteiger partial charge in [-0.05, 0) is 55.0 Å². The first-order valence-electron chi connectivity index (χ1n) is 10.8. The van der Waals surface area contributed by atoms with Crippen LogP contribution in [0.25, 0.3) is 33.6 Å². The second kappa shape index (κ2) is 8.90. The molecule has 5 rings (SSSR count). The maximum atomic E-state index is 13.3. The average Bonchev–Trinajstić information content (AvgIpc) is 3.15. The summed E-state index contributed by atoms with van der Waals surface area (Å²) in [6, 6.07) is 21.6. The van der Waals surface area contributed by atoms with Crippen LogP contribution < -0.4 is 5.32 Å². The fraction of sp³-hybridized carbons (Fsp3) is 0.0714. The van der Waals surface area contributed by atoms with E-state index in [0.717, 1.165) is 45.7 Å². The van der Waals surface area contributed by atoms with Gasteiger partial charge in [0.1, 0.15) is 11.6 Å². The molecule has 0 radical (unpaired) electrons. The van der Waals surface area contributed by atoms with E-state index in [0.29, 0.717) is 5.69 Å². The van der Waals surface area contributed by atoms with Crippen LogP contribution in [-0.4, -0.2) is 15.5 Å². The predicted molar refractivity (Wildman–Crippen MR) is 131 cm³/mol. The number of para-hydroxylation sites is 1. The van der Waals surface area contributed by atoms with Gasteiger partial charge in [-0.2, -0.15) is 0 Å². The summed E-state index contributed by atoms with van der Waals surface area (Å²) in [4.78, 5) is 16.8. The molecular formula is C28H21F2N3O. The molecule has 1 N–H and O–H groups in total. The Morgan fingerprint density at radius 1 is 0.941 bits per heavy atom. The molecule has 6 heteroatoms. The second-order valence-electron chi connectivity index (χ2n) is 8.13. The molecule has 0 bridgehead atoms. The van der Waals surface area contributed by atoms with Gasteiger partial charge in [0.05, 0.1) is 29.5 Å². The fourth-order valence-electron chi connectivity index (χ4n) is 4.06. The lowest BCUT2D eigenvalue weighted by atomic mass is 10.1. The zero-order chi connectivity index (χ0) is 23.7. The minimum Gasteiger partial charge on any atom is -0.347 e. The number of pyridine rings is 1. The topological polar surface area (TPSA) is 46.9 Å². The third-order valence-electron chi connectivity index (χ3n) is 5.66. The Hall–Kier alpha value is -4.32. The lowest BCUT2D eigenvalue weighted by Crippen LogP contribution is -2.20. The molecule has 0 spiro atoms. The number of nitrogens with zero attached hydrogens (tertiary/aromatic N) is 2. The molecule has 3 aromatic carbocycles. The van der Waals surface area contributed by atoms with Gasteiger partial charge in [-0.25, -0.2) is 8.78 Å². The average molecular weight is 453 g/mol. The summed E-state index contributed by atoms with van der Waals surface area (Å²) in [5.41, 5.74) is 5.28. The highest BCUT2D eigenvalue weighted by molar-refractivity contribution is 6.09. The molecule has 2 aromatic heterocycles. The number of hydrogen-bond acceptors (Lipinski definition) is 2. The number of benzene rings is 3. The van der Waals surface area contributed by atoms with Crippen LogP contribution in [0.15, 0.2) is 85.1 Å². The quantitative estimate of drug-likeness (QED) is 0.327. The summed E-state index contributed by atoms with van der Waals surface area (Å²) < 4.78 is 28.8. The molecule has 0 saturated carbocycles. The van der Waals surface area contributed by atoms with Crippen LogP contribution in [0.2, 0.25) is 0 Å². The van der Waals surface area contributed by atoms with E-state index in [9.17, 15) is 13.6 Å². The van der Waals surface area contributed by atoms with Crippen LogP contribution in [0.3, 0.4) is 0 Å². The Labute approximate surface area is 195 Å². The Balaban J connectivity index is 1.41. The van der Waals surface area contributed by atoms with Gasteiger partial charge in [0, 0.05) is 28.6 Å². The smallest absolute Gasteiger partial charge is 0.244 e. The third-order valence-corrected chi connectivity index (χ3v) is 5.66. The minimum absolute atomic E-state index is 0.223. The molecular weight excluding hydrogens is 432 g/mol. The van der Waals surface area contributed by atoms with Crippen molar-refractivity contribution in [2.45, 2.75) is 13.5 Å². The normalized spacial score (nSPS) is 11.5. The van der Waals surface area contributed by atoms with Crippen LogP contribution in [-0.2, 0) is 11.3 Å². The van der Waals surface area contributed by atoms with Gasteiger partial charge in [0.25, 0.3) is 0 Å². The number of carbonyl (C=O) groups is 1. The molecule has 2 heterocycles. The Kier molecular flexibility index (Phi) is 5.64. The number of rotatable bonds is 5. The molecule has 0 unspecified atom stereocenters. The molecule has 0 aliphatic heterocycles. The molecule has 34 heavy (non-hydrogen) atoms. The Morgan fingerprint density at radius 2 is 1.68 bits per heavy atom. The van der Waals surface area contributed by atoms with E-state index in [-0.39, 0.29) is 18.0 Å². The zero-order valence-corrected chi connectivity index (χ0v) is 18.4. The van der Waals surface area contributed by atoms with Gasteiger partial charge in [-0.15, -0.1) is 0 Å². The molecule has 0 fully saturated rings. The number of fused-ring (bicyclic) bond motifs is 3. The van der Waals surface area contributed by atoms with E-state index in [1.165, 1.54) is 17.7 Å². The summed E-state index contributed by atoms with van der Waals surface area (Å²) in [6.45, 7) is 2.28. The number of aryl methyl sites for hydroxylation is 1. The number of nitrogens with one attached hydrogen (secondary N) is 1. The second-order valence-corrected chi connectivity index (χ2v) is 8.13. The maximum absolute atomic E-state index is 13.3. The van der Waals surface area contributed by atoms with Crippen LogP contribution in [0, 0.1) is 18.6 Å². The van der Waals surface area contributed by atoms with E-state index >= 15 is 0 Å². The number of aromatic nitrogens is 2.